The molecule has 2 aromatic carbocycles. The molecule has 1 aliphatic heterocycles. The van der Waals surface area contributed by atoms with Crippen LogP contribution in [0, 0.1) is 5.82 Å². The number of halogens is 1. The predicted octanol–water partition coefficient (Wildman–Crippen LogP) is 4.97. The van der Waals surface area contributed by atoms with Crippen molar-refractivity contribution in [3.8, 4) is 11.4 Å². The quantitative estimate of drug-likeness (QED) is 0.629. The Balaban J connectivity index is 1.48. The summed E-state index contributed by atoms with van der Waals surface area (Å²) in [5.74, 6) is 0.455. The van der Waals surface area contributed by atoms with Gasteiger partial charge in [0.2, 0.25) is 11.7 Å². The molecule has 0 bridgehead atoms. The first-order valence-electron chi connectivity index (χ1n) is 8.95. The van der Waals surface area contributed by atoms with Crippen LogP contribution in [0.2, 0.25) is 0 Å². The molecule has 8 heteroatoms. The number of rotatable bonds is 4. The Hall–Kier alpha value is -2.87. The lowest BCUT2D eigenvalue weighted by Gasteiger charge is -2.22. The summed E-state index contributed by atoms with van der Waals surface area (Å²) in [5.41, 5.74) is 1.41. The minimum atomic E-state index is -0.323. The molecule has 1 atom stereocenters. The van der Waals surface area contributed by atoms with Gasteiger partial charge in [0.15, 0.2) is 0 Å². The van der Waals surface area contributed by atoms with Gasteiger partial charge in [-0.1, -0.05) is 5.16 Å². The fourth-order valence-corrected chi connectivity index (χ4v) is 3.63. The summed E-state index contributed by atoms with van der Waals surface area (Å²) < 4.78 is 18.5. The van der Waals surface area contributed by atoms with E-state index in [4.69, 9.17) is 4.52 Å². The molecule has 3 aromatic rings. The normalized spacial score (nSPS) is 16.4. The minimum absolute atomic E-state index is 0.194. The number of amides is 2. The van der Waals surface area contributed by atoms with Crippen molar-refractivity contribution >= 4 is 23.5 Å². The molecule has 1 fully saturated rings. The Morgan fingerprint density at radius 2 is 1.96 bits per heavy atom. The summed E-state index contributed by atoms with van der Waals surface area (Å²) in [6.45, 7) is 0.619. The maximum atomic E-state index is 13.1. The van der Waals surface area contributed by atoms with Crippen molar-refractivity contribution in [3.05, 3.63) is 60.2 Å². The van der Waals surface area contributed by atoms with Crippen molar-refractivity contribution in [1.29, 1.82) is 0 Å². The summed E-state index contributed by atoms with van der Waals surface area (Å²) in [6, 6.07) is 13.1. The van der Waals surface area contributed by atoms with Gasteiger partial charge in [0.25, 0.3) is 0 Å². The number of urea groups is 1. The lowest BCUT2D eigenvalue weighted by molar-refractivity contribution is 0.193. The molecule has 0 unspecified atom stereocenters. The van der Waals surface area contributed by atoms with Crippen molar-refractivity contribution in [1.82, 2.24) is 15.0 Å². The Labute approximate surface area is 166 Å². The minimum Gasteiger partial charge on any atom is -0.337 e. The molecule has 1 N–H and O–H groups in total. The van der Waals surface area contributed by atoms with Gasteiger partial charge in [-0.25, -0.2) is 9.18 Å². The third-order valence-electron chi connectivity index (χ3n) is 4.68. The van der Waals surface area contributed by atoms with Gasteiger partial charge >= 0.3 is 6.03 Å². The fraction of sp³-hybridized carbons (Fsp3) is 0.250. The number of likely N-dealkylation sites (tertiary alicyclic amines) is 1. The topological polar surface area (TPSA) is 71.3 Å². The van der Waals surface area contributed by atoms with Crippen molar-refractivity contribution in [2.24, 2.45) is 0 Å². The summed E-state index contributed by atoms with van der Waals surface area (Å²) in [4.78, 5) is 20.0. The Bertz CT molecular complexity index is 959. The number of thioether (sulfide) groups is 1. The SMILES string of the molecule is CSc1ccc(NC(=O)N2CCC[C@@H]2c2nc(-c3ccc(F)cc3)no2)cc1. The zero-order chi connectivity index (χ0) is 19.5. The number of nitrogens with zero attached hydrogens (tertiary/aromatic N) is 3. The summed E-state index contributed by atoms with van der Waals surface area (Å²) in [6.07, 6.45) is 3.62. The van der Waals surface area contributed by atoms with E-state index in [1.165, 1.54) is 12.1 Å². The van der Waals surface area contributed by atoms with Gasteiger partial charge in [0.05, 0.1) is 0 Å². The van der Waals surface area contributed by atoms with Crippen LogP contribution in [-0.4, -0.2) is 33.9 Å². The van der Waals surface area contributed by atoms with E-state index in [0.717, 1.165) is 23.4 Å². The largest absolute Gasteiger partial charge is 0.337 e. The van der Waals surface area contributed by atoms with Gasteiger partial charge in [-0.15, -0.1) is 11.8 Å². The molecule has 2 heterocycles. The number of anilines is 1. The first-order chi connectivity index (χ1) is 13.6. The molecule has 2 amide bonds. The van der Waals surface area contributed by atoms with Gasteiger partial charge in [-0.05, 0) is 67.6 Å². The zero-order valence-electron chi connectivity index (χ0n) is 15.3. The lowest BCUT2D eigenvalue weighted by atomic mass is 10.2. The highest BCUT2D eigenvalue weighted by molar-refractivity contribution is 7.98. The van der Waals surface area contributed by atoms with Crippen molar-refractivity contribution in [2.75, 3.05) is 18.1 Å². The molecule has 1 aliphatic rings. The first-order valence-corrected chi connectivity index (χ1v) is 10.2. The molecule has 28 heavy (non-hydrogen) atoms. The second-order valence-electron chi connectivity index (χ2n) is 6.47. The summed E-state index contributed by atoms with van der Waals surface area (Å²) >= 11 is 1.65. The third-order valence-corrected chi connectivity index (χ3v) is 5.43. The smallest absolute Gasteiger partial charge is 0.322 e. The van der Waals surface area contributed by atoms with Crippen LogP contribution in [0.15, 0.2) is 57.9 Å². The highest BCUT2D eigenvalue weighted by atomic mass is 32.2. The molecule has 1 saturated heterocycles. The second-order valence-corrected chi connectivity index (χ2v) is 7.35. The van der Waals surface area contributed by atoms with E-state index >= 15 is 0 Å². The average Bonchev–Trinajstić information content (AvgIpc) is 3.38. The number of hydrogen-bond acceptors (Lipinski definition) is 5. The van der Waals surface area contributed by atoms with E-state index < -0.39 is 0 Å². The predicted molar refractivity (Wildman–Crippen MR) is 106 cm³/mol. The molecule has 0 radical (unpaired) electrons. The van der Waals surface area contributed by atoms with E-state index in [9.17, 15) is 9.18 Å². The van der Waals surface area contributed by atoms with Crippen molar-refractivity contribution in [3.63, 3.8) is 0 Å². The van der Waals surface area contributed by atoms with E-state index in [-0.39, 0.29) is 17.9 Å². The van der Waals surface area contributed by atoms with Crippen LogP contribution >= 0.6 is 11.8 Å². The monoisotopic (exact) mass is 398 g/mol. The van der Waals surface area contributed by atoms with E-state index in [0.29, 0.717) is 23.8 Å². The highest BCUT2D eigenvalue weighted by Gasteiger charge is 2.34. The van der Waals surface area contributed by atoms with Gasteiger partial charge in [-0.3, -0.25) is 0 Å². The third kappa shape index (κ3) is 3.87. The van der Waals surface area contributed by atoms with Crippen LogP contribution < -0.4 is 5.32 Å². The maximum absolute atomic E-state index is 13.1. The molecule has 4 rings (SSSR count). The van der Waals surface area contributed by atoms with E-state index in [1.807, 2.05) is 30.5 Å². The van der Waals surface area contributed by atoms with Crippen molar-refractivity contribution in [2.45, 2.75) is 23.8 Å². The van der Waals surface area contributed by atoms with Gasteiger partial charge in [0.1, 0.15) is 11.9 Å². The van der Waals surface area contributed by atoms with Gasteiger partial charge in [0, 0.05) is 22.7 Å². The molecule has 144 valence electrons. The van der Waals surface area contributed by atoms with Crippen LogP contribution in [0.4, 0.5) is 14.9 Å². The van der Waals surface area contributed by atoms with Crippen LogP contribution in [0.5, 0.6) is 0 Å². The number of nitrogens with one attached hydrogen (secondary N) is 1. The van der Waals surface area contributed by atoms with Crippen LogP contribution in [0.1, 0.15) is 24.8 Å². The number of carbonyl (C=O) groups is 1. The van der Waals surface area contributed by atoms with Gasteiger partial charge in [-0.2, -0.15) is 4.98 Å². The van der Waals surface area contributed by atoms with Crippen LogP contribution in [-0.2, 0) is 0 Å². The van der Waals surface area contributed by atoms with E-state index in [1.54, 1.807) is 28.8 Å². The Morgan fingerprint density at radius 1 is 1.21 bits per heavy atom. The Morgan fingerprint density at radius 3 is 2.68 bits per heavy atom. The van der Waals surface area contributed by atoms with Crippen LogP contribution in [0.3, 0.4) is 0 Å². The molecular formula is C20H19FN4O2S. The maximum Gasteiger partial charge on any atom is 0.322 e. The van der Waals surface area contributed by atoms with E-state index in [2.05, 4.69) is 15.5 Å². The average molecular weight is 398 g/mol. The molecule has 1 aromatic heterocycles. The van der Waals surface area contributed by atoms with Gasteiger partial charge < -0.3 is 14.7 Å². The van der Waals surface area contributed by atoms with Crippen LogP contribution in [0.25, 0.3) is 11.4 Å². The number of benzene rings is 2. The molecule has 0 spiro atoms. The second kappa shape index (κ2) is 8.02. The molecular weight excluding hydrogens is 379 g/mol. The molecule has 0 saturated carbocycles. The summed E-state index contributed by atoms with van der Waals surface area (Å²) in [5, 5.41) is 6.91. The lowest BCUT2D eigenvalue weighted by Crippen LogP contribution is -2.34. The van der Waals surface area contributed by atoms with Crippen molar-refractivity contribution < 1.29 is 13.7 Å². The summed E-state index contributed by atoms with van der Waals surface area (Å²) in [7, 11) is 0. The zero-order valence-corrected chi connectivity index (χ0v) is 16.1. The number of aromatic nitrogens is 2. The molecule has 6 nitrogen and oxygen atoms in total. The first kappa shape index (κ1) is 18.5. The highest BCUT2D eigenvalue weighted by Crippen LogP contribution is 2.32. The fourth-order valence-electron chi connectivity index (χ4n) is 3.22. The standard InChI is InChI=1S/C20H19FN4O2S/c1-28-16-10-8-15(9-11-16)22-20(26)25-12-2-3-17(25)19-23-18(24-27-19)13-4-6-14(21)7-5-13/h4-11,17H,2-3,12H2,1H3,(H,22,26)/t17-/m1/s1. The Kier molecular flexibility index (Phi) is 5.29. The number of hydrogen-bond donors (Lipinski definition) is 1. The number of carbonyl (C=O) groups excluding carboxylic acids is 1. The molecule has 0 aliphatic carbocycles.